The minimum absolute atomic E-state index is 0.0307. The van der Waals surface area contributed by atoms with Crippen molar-refractivity contribution in [2.75, 3.05) is 31.3 Å². The maximum absolute atomic E-state index is 12.7. The molecule has 1 aromatic carbocycles. The molecule has 4 saturated carbocycles. The van der Waals surface area contributed by atoms with E-state index in [0.717, 1.165) is 31.3 Å². The SMILES string of the molecule is CC1(C)C(c2ccc(C(=O)O)cc2)=CCC2(C)C1CCC1(C)C2CCC2C3CCCC3(CNCCC(=O)N3CCS(=O)C3)CC[C@]21C. The number of amides is 1. The summed E-state index contributed by atoms with van der Waals surface area (Å²) in [6, 6.07) is 7.58. The Kier molecular flexibility index (Phi) is 8.42. The van der Waals surface area contributed by atoms with Gasteiger partial charge in [-0.1, -0.05) is 59.2 Å². The van der Waals surface area contributed by atoms with Crippen LogP contribution < -0.4 is 5.32 Å². The predicted octanol–water partition coefficient (Wildman–Crippen LogP) is 7.76. The second-order valence-corrected chi connectivity index (χ2v) is 19.4. The molecular formula is C40H58N2O4S. The number of allylic oxidation sites excluding steroid dienone is 2. The van der Waals surface area contributed by atoms with Crippen LogP contribution in [-0.2, 0) is 15.6 Å². The van der Waals surface area contributed by atoms with E-state index in [4.69, 9.17) is 0 Å². The highest BCUT2D eigenvalue weighted by Crippen LogP contribution is 2.77. The Labute approximate surface area is 285 Å². The van der Waals surface area contributed by atoms with Gasteiger partial charge in [0.15, 0.2) is 0 Å². The lowest BCUT2D eigenvalue weighted by atomic mass is 9.32. The highest BCUT2D eigenvalue weighted by molar-refractivity contribution is 7.85. The molecule has 1 saturated heterocycles. The quantitative estimate of drug-likeness (QED) is 0.292. The molecule has 5 fully saturated rings. The third-order valence-corrected chi connectivity index (χ3v) is 17.0. The number of aromatic carboxylic acids is 1. The van der Waals surface area contributed by atoms with Crippen molar-refractivity contribution in [3.8, 4) is 0 Å². The lowest BCUT2D eigenvalue weighted by molar-refractivity contribution is -0.222. The first-order chi connectivity index (χ1) is 22.3. The van der Waals surface area contributed by atoms with Crippen LogP contribution >= 0.6 is 0 Å². The third kappa shape index (κ3) is 5.13. The molecule has 1 aromatic rings. The Morgan fingerprint density at radius 2 is 1.68 bits per heavy atom. The molecule has 1 heterocycles. The minimum Gasteiger partial charge on any atom is -0.478 e. The molecule has 5 aliphatic carbocycles. The summed E-state index contributed by atoms with van der Waals surface area (Å²) in [5.74, 6) is 3.20. The van der Waals surface area contributed by atoms with Crippen molar-refractivity contribution >= 4 is 28.2 Å². The number of nitrogens with one attached hydrogen (secondary N) is 1. The highest BCUT2D eigenvalue weighted by atomic mass is 32.2. The fraction of sp³-hybridized carbons (Fsp3) is 0.750. The lowest BCUT2D eigenvalue weighted by Gasteiger charge is -2.72. The standard InChI is InChI=1S/C40H58N2O4S/c1-36(2)29(27-8-10-28(11-9-27)35(44)45)14-18-37(3)32(36)15-19-39(5)33(37)13-12-30-31-7-6-17-40(31,21-20-38(30,39)4)25-41-22-16-34(43)42-23-24-47(46)26-42/h8-11,14,30-33,41H,6-7,12-13,15-26H2,1-5H3,(H,44,45)/t30?,31?,32?,33?,37?,38-,39?,40?,47?/m1/s1. The van der Waals surface area contributed by atoms with Gasteiger partial charge < -0.3 is 15.3 Å². The van der Waals surface area contributed by atoms with Crippen LogP contribution in [0, 0.1) is 50.7 Å². The molecule has 9 atom stereocenters. The zero-order valence-electron chi connectivity index (χ0n) is 29.5. The molecule has 7 heteroatoms. The van der Waals surface area contributed by atoms with Gasteiger partial charge in [0.05, 0.1) is 11.4 Å². The topological polar surface area (TPSA) is 86.7 Å². The first-order valence-corrected chi connectivity index (χ1v) is 20.1. The first-order valence-electron chi connectivity index (χ1n) is 18.6. The summed E-state index contributed by atoms with van der Waals surface area (Å²) >= 11 is 0. The van der Waals surface area contributed by atoms with Crippen molar-refractivity contribution in [3.63, 3.8) is 0 Å². The highest BCUT2D eigenvalue weighted by Gasteiger charge is 2.69. The third-order valence-electron chi connectivity index (χ3n) is 15.8. The Morgan fingerprint density at radius 1 is 0.915 bits per heavy atom. The molecule has 6 nitrogen and oxygen atoms in total. The summed E-state index contributed by atoms with van der Waals surface area (Å²) in [6.45, 7) is 15.4. The first kappa shape index (κ1) is 33.5. The van der Waals surface area contributed by atoms with Gasteiger partial charge in [0.25, 0.3) is 0 Å². The van der Waals surface area contributed by atoms with E-state index in [1.165, 1.54) is 68.9 Å². The second-order valence-electron chi connectivity index (χ2n) is 17.8. The summed E-state index contributed by atoms with van der Waals surface area (Å²) in [6.07, 6.45) is 16.1. The predicted molar refractivity (Wildman–Crippen MR) is 189 cm³/mol. The van der Waals surface area contributed by atoms with E-state index in [1.807, 2.05) is 12.1 Å². The van der Waals surface area contributed by atoms with Crippen molar-refractivity contribution in [1.82, 2.24) is 10.2 Å². The smallest absolute Gasteiger partial charge is 0.335 e. The van der Waals surface area contributed by atoms with E-state index < -0.39 is 16.8 Å². The number of rotatable bonds is 7. The van der Waals surface area contributed by atoms with Crippen molar-refractivity contribution in [2.45, 2.75) is 105 Å². The maximum Gasteiger partial charge on any atom is 0.335 e. The summed E-state index contributed by atoms with van der Waals surface area (Å²) in [4.78, 5) is 26.0. The van der Waals surface area contributed by atoms with E-state index in [9.17, 15) is 18.9 Å². The van der Waals surface area contributed by atoms with Gasteiger partial charge in [0.1, 0.15) is 0 Å². The van der Waals surface area contributed by atoms with Gasteiger partial charge in [-0.15, -0.1) is 0 Å². The average molecular weight is 663 g/mol. The zero-order valence-corrected chi connectivity index (χ0v) is 30.4. The van der Waals surface area contributed by atoms with Gasteiger partial charge in [-0.3, -0.25) is 9.00 Å². The Bertz CT molecular complexity index is 1470. The molecule has 8 unspecified atom stereocenters. The summed E-state index contributed by atoms with van der Waals surface area (Å²) < 4.78 is 11.8. The van der Waals surface area contributed by atoms with Crippen molar-refractivity contribution in [2.24, 2.45) is 50.7 Å². The molecule has 1 amide bonds. The van der Waals surface area contributed by atoms with Crippen LogP contribution in [0.25, 0.3) is 5.57 Å². The molecular weight excluding hydrogens is 605 g/mol. The van der Waals surface area contributed by atoms with Crippen molar-refractivity contribution in [1.29, 1.82) is 0 Å². The molecule has 0 bridgehead atoms. The maximum atomic E-state index is 12.7. The number of benzene rings is 1. The van der Waals surface area contributed by atoms with Crippen LogP contribution in [0.15, 0.2) is 30.3 Å². The Morgan fingerprint density at radius 3 is 2.38 bits per heavy atom. The molecule has 47 heavy (non-hydrogen) atoms. The number of fused-ring (bicyclic) bond motifs is 7. The van der Waals surface area contributed by atoms with Crippen molar-refractivity contribution in [3.05, 3.63) is 41.5 Å². The van der Waals surface area contributed by atoms with E-state index in [-0.39, 0.29) is 16.7 Å². The number of carboxylic acids is 1. The van der Waals surface area contributed by atoms with Crippen LogP contribution in [0.4, 0.5) is 0 Å². The van der Waals surface area contributed by atoms with Gasteiger partial charge in [0.2, 0.25) is 5.91 Å². The Hall–Kier alpha value is -1.99. The Balaban J connectivity index is 1.08. The van der Waals surface area contributed by atoms with Crippen LogP contribution in [0.2, 0.25) is 0 Å². The number of carboxylic acid groups (broad SMARTS) is 1. The van der Waals surface area contributed by atoms with Crippen molar-refractivity contribution < 1.29 is 18.9 Å². The van der Waals surface area contributed by atoms with Gasteiger partial charge in [-0.25, -0.2) is 4.79 Å². The van der Waals surface area contributed by atoms with E-state index >= 15 is 0 Å². The average Bonchev–Trinajstić information content (AvgIpc) is 3.66. The van der Waals surface area contributed by atoms with Crippen LogP contribution in [0.1, 0.15) is 121 Å². The van der Waals surface area contributed by atoms with E-state index in [2.05, 4.69) is 46.0 Å². The monoisotopic (exact) mass is 662 g/mol. The lowest BCUT2D eigenvalue weighted by Crippen LogP contribution is -2.65. The molecule has 0 radical (unpaired) electrons. The minimum atomic E-state index is -0.865. The molecule has 0 spiro atoms. The number of carbonyl (C=O) groups is 2. The summed E-state index contributed by atoms with van der Waals surface area (Å²) in [5, 5.41) is 13.2. The molecule has 0 aromatic heterocycles. The van der Waals surface area contributed by atoms with Gasteiger partial charge in [0, 0.05) is 42.6 Å². The largest absolute Gasteiger partial charge is 0.478 e. The number of carbonyl (C=O) groups excluding carboxylic acids is 1. The van der Waals surface area contributed by atoms with Gasteiger partial charge in [-0.05, 0) is 132 Å². The summed E-state index contributed by atoms with van der Waals surface area (Å²) in [5.41, 5.74) is 4.28. The molecule has 1 aliphatic heterocycles. The number of hydrogen-bond donors (Lipinski definition) is 2. The van der Waals surface area contributed by atoms with Crippen LogP contribution in [0.3, 0.4) is 0 Å². The second kappa shape index (κ2) is 11.8. The normalized spacial score (nSPS) is 42.1. The fourth-order valence-corrected chi connectivity index (χ4v) is 14.5. The zero-order chi connectivity index (χ0) is 33.4. The number of nitrogens with zero attached hydrogens (tertiary/aromatic N) is 1. The van der Waals surface area contributed by atoms with E-state index in [0.29, 0.717) is 58.2 Å². The van der Waals surface area contributed by atoms with Crippen LogP contribution in [0.5, 0.6) is 0 Å². The number of hydrogen-bond acceptors (Lipinski definition) is 4. The van der Waals surface area contributed by atoms with E-state index in [1.54, 1.807) is 17.0 Å². The molecule has 6 aliphatic rings. The molecule has 258 valence electrons. The molecule has 7 rings (SSSR count). The summed E-state index contributed by atoms with van der Waals surface area (Å²) in [7, 11) is -0.859. The molecule has 2 N–H and O–H groups in total. The fourth-order valence-electron chi connectivity index (χ4n) is 13.3. The van der Waals surface area contributed by atoms with Crippen LogP contribution in [-0.4, -0.2) is 57.4 Å². The van der Waals surface area contributed by atoms with Gasteiger partial charge in [-0.2, -0.15) is 0 Å². The van der Waals surface area contributed by atoms with Gasteiger partial charge >= 0.3 is 5.97 Å².